The number of furan rings is 1. The lowest BCUT2D eigenvalue weighted by Crippen LogP contribution is -2.07. The molecule has 18 heavy (non-hydrogen) atoms. The molecule has 7 nitrogen and oxygen atoms in total. The lowest BCUT2D eigenvalue weighted by molar-refractivity contribution is 0.0561. The first-order valence-corrected chi connectivity index (χ1v) is 5.60. The molecule has 0 radical (unpaired) electrons. The van der Waals surface area contributed by atoms with Crippen LogP contribution in [0.3, 0.4) is 0 Å². The monoisotopic (exact) mass is 310 g/mol. The van der Waals surface area contributed by atoms with E-state index in [1.807, 2.05) is 6.07 Å². The van der Waals surface area contributed by atoms with Crippen LogP contribution in [0.4, 0.5) is 0 Å². The second-order valence-corrected chi connectivity index (χ2v) is 4.09. The molecule has 0 N–H and O–H groups in total. The predicted molar refractivity (Wildman–Crippen MR) is 61.6 cm³/mol. The molecule has 0 amide bonds. The standard InChI is InChI=1S/C10H7BrN4O3/c1-17-10(16)9-6(2-8(11)18-9)4-15-5-7(3-12)13-14-15/h2,5H,4H2,1H3. The minimum Gasteiger partial charge on any atom is -0.463 e. The Kier molecular flexibility index (Phi) is 3.43. The summed E-state index contributed by atoms with van der Waals surface area (Å²) in [6, 6.07) is 3.51. The summed E-state index contributed by atoms with van der Waals surface area (Å²) in [7, 11) is 1.27. The zero-order chi connectivity index (χ0) is 13.1. The zero-order valence-corrected chi connectivity index (χ0v) is 10.8. The van der Waals surface area contributed by atoms with Gasteiger partial charge in [0.15, 0.2) is 10.4 Å². The molecule has 0 aromatic carbocycles. The molecule has 0 atom stereocenters. The van der Waals surface area contributed by atoms with E-state index in [1.54, 1.807) is 6.07 Å². The number of nitrogens with zero attached hydrogens (tertiary/aromatic N) is 4. The third kappa shape index (κ3) is 2.41. The van der Waals surface area contributed by atoms with Gasteiger partial charge in [0.25, 0.3) is 0 Å². The first-order chi connectivity index (χ1) is 8.63. The van der Waals surface area contributed by atoms with Crippen molar-refractivity contribution in [1.82, 2.24) is 15.0 Å². The fourth-order valence-electron chi connectivity index (χ4n) is 1.38. The van der Waals surface area contributed by atoms with E-state index in [9.17, 15) is 4.79 Å². The maximum absolute atomic E-state index is 11.5. The molecule has 0 fully saturated rings. The minimum absolute atomic E-state index is 0.0957. The number of aromatic nitrogens is 3. The summed E-state index contributed by atoms with van der Waals surface area (Å²) in [6.45, 7) is 0.258. The van der Waals surface area contributed by atoms with Crippen molar-refractivity contribution in [1.29, 1.82) is 5.26 Å². The van der Waals surface area contributed by atoms with Crippen LogP contribution in [0.25, 0.3) is 0 Å². The Morgan fingerprint density at radius 2 is 2.50 bits per heavy atom. The van der Waals surface area contributed by atoms with Crippen LogP contribution in [0.2, 0.25) is 0 Å². The Hall–Kier alpha value is -2.14. The molecule has 0 unspecified atom stereocenters. The van der Waals surface area contributed by atoms with Crippen LogP contribution in [0.15, 0.2) is 21.3 Å². The highest BCUT2D eigenvalue weighted by Crippen LogP contribution is 2.21. The van der Waals surface area contributed by atoms with Crippen LogP contribution in [-0.2, 0) is 11.3 Å². The van der Waals surface area contributed by atoms with Crippen molar-refractivity contribution in [2.75, 3.05) is 7.11 Å². The Bertz CT molecular complexity index is 625. The molecule has 0 aliphatic heterocycles. The van der Waals surface area contributed by atoms with Gasteiger partial charge in [-0.2, -0.15) is 5.26 Å². The van der Waals surface area contributed by atoms with E-state index in [0.29, 0.717) is 10.2 Å². The van der Waals surface area contributed by atoms with E-state index in [1.165, 1.54) is 18.0 Å². The predicted octanol–water partition coefficient (Wildman–Crippen LogP) is 1.34. The van der Waals surface area contributed by atoms with Crippen molar-refractivity contribution in [3.8, 4) is 6.07 Å². The summed E-state index contributed by atoms with van der Waals surface area (Å²) >= 11 is 3.14. The van der Waals surface area contributed by atoms with Gasteiger partial charge < -0.3 is 9.15 Å². The van der Waals surface area contributed by atoms with E-state index in [0.717, 1.165) is 0 Å². The lowest BCUT2D eigenvalue weighted by atomic mass is 10.2. The van der Waals surface area contributed by atoms with E-state index in [4.69, 9.17) is 9.68 Å². The quantitative estimate of drug-likeness (QED) is 0.794. The average molecular weight is 311 g/mol. The number of carbonyl (C=O) groups is 1. The van der Waals surface area contributed by atoms with E-state index in [2.05, 4.69) is 31.0 Å². The largest absolute Gasteiger partial charge is 0.463 e. The van der Waals surface area contributed by atoms with Gasteiger partial charge >= 0.3 is 5.97 Å². The number of nitriles is 1. The van der Waals surface area contributed by atoms with Gasteiger partial charge in [0.1, 0.15) is 6.07 Å². The highest BCUT2D eigenvalue weighted by Gasteiger charge is 2.19. The molecule has 8 heteroatoms. The number of hydrogen-bond donors (Lipinski definition) is 0. The maximum Gasteiger partial charge on any atom is 0.374 e. The molecule has 2 aromatic rings. The van der Waals surface area contributed by atoms with Gasteiger partial charge in [0.05, 0.1) is 19.9 Å². The van der Waals surface area contributed by atoms with E-state index < -0.39 is 5.97 Å². The van der Waals surface area contributed by atoms with Crippen molar-refractivity contribution in [2.45, 2.75) is 6.54 Å². The smallest absolute Gasteiger partial charge is 0.374 e. The molecule has 0 aliphatic carbocycles. The van der Waals surface area contributed by atoms with Gasteiger partial charge in [-0.3, -0.25) is 0 Å². The minimum atomic E-state index is -0.573. The number of rotatable bonds is 3. The highest BCUT2D eigenvalue weighted by atomic mass is 79.9. The van der Waals surface area contributed by atoms with Gasteiger partial charge in [-0.25, -0.2) is 9.48 Å². The van der Waals surface area contributed by atoms with Crippen molar-refractivity contribution in [2.24, 2.45) is 0 Å². The van der Waals surface area contributed by atoms with Crippen LogP contribution in [-0.4, -0.2) is 28.1 Å². The molecule has 2 aromatic heterocycles. The van der Waals surface area contributed by atoms with Crippen LogP contribution in [0.5, 0.6) is 0 Å². The molecule has 0 spiro atoms. The van der Waals surface area contributed by atoms with Crippen molar-refractivity contribution >= 4 is 21.9 Å². The number of methoxy groups -OCH3 is 1. The average Bonchev–Trinajstić information content (AvgIpc) is 2.95. The summed E-state index contributed by atoms with van der Waals surface area (Å²) in [6.07, 6.45) is 1.47. The van der Waals surface area contributed by atoms with E-state index >= 15 is 0 Å². The van der Waals surface area contributed by atoms with Gasteiger partial charge in [-0.15, -0.1) is 5.10 Å². The molecule has 0 saturated carbocycles. The third-order valence-corrected chi connectivity index (χ3v) is 2.53. The first-order valence-electron chi connectivity index (χ1n) is 4.80. The van der Waals surface area contributed by atoms with Crippen LogP contribution in [0, 0.1) is 11.3 Å². The molecule has 0 bridgehead atoms. The van der Waals surface area contributed by atoms with Crippen molar-refractivity contribution < 1.29 is 13.9 Å². The van der Waals surface area contributed by atoms with Crippen molar-refractivity contribution in [3.05, 3.63) is 34.0 Å². The fourth-order valence-corrected chi connectivity index (χ4v) is 1.82. The molecule has 92 valence electrons. The van der Waals surface area contributed by atoms with Gasteiger partial charge in [0.2, 0.25) is 5.76 Å². The maximum atomic E-state index is 11.5. The topological polar surface area (TPSA) is 93.9 Å². The fraction of sp³-hybridized carbons (Fsp3) is 0.200. The second-order valence-electron chi connectivity index (χ2n) is 3.31. The molecule has 2 rings (SSSR count). The summed E-state index contributed by atoms with van der Waals surface area (Å²) in [4.78, 5) is 11.5. The zero-order valence-electron chi connectivity index (χ0n) is 9.25. The Balaban J connectivity index is 2.28. The van der Waals surface area contributed by atoms with Crippen molar-refractivity contribution in [3.63, 3.8) is 0 Å². The number of carbonyl (C=O) groups excluding carboxylic acids is 1. The normalized spacial score (nSPS) is 10.1. The first kappa shape index (κ1) is 12.3. The molecule has 0 saturated heterocycles. The van der Waals surface area contributed by atoms with E-state index in [-0.39, 0.29) is 18.0 Å². The number of hydrogen-bond acceptors (Lipinski definition) is 6. The summed E-state index contributed by atoms with van der Waals surface area (Å²) in [5, 5.41) is 16.0. The second kappa shape index (κ2) is 5.01. The number of ether oxygens (including phenoxy) is 1. The summed E-state index contributed by atoms with van der Waals surface area (Å²) < 4.78 is 11.6. The Morgan fingerprint density at radius 1 is 1.72 bits per heavy atom. The SMILES string of the molecule is COC(=O)c1oc(Br)cc1Cn1cc(C#N)nn1. The molecule has 2 heterocycles. The molecular formula is C10H7BrN4O3. The lowest BCUT2D eigenvalue weighted by Gasteiger charge is -2.00. The molecular weight excluding hydrogens is 304 g/mol. The summed E-state index contributed by atoms with van der Waals surface area (Å²) in [5.41, 5.74) is 0.792. The van der Waals surface area contributed by atoms with Gasteiger partial charge in [-0.1, -0.05) is 5.21 Å². The van der Waals surface area contributed by atoms with Crippen LogP contribution in [0.1, 0.15) is 21.8 Å². The number of esters is 1. The van der Waals surface area contributed by atoms with Crippen LogP contribution < -0.4 is 0 Å². The van der Waals surface area contributed by atoms with Gasteiger partial charge in [-0.05, 0) is 22.0 Å². The number of halogens is 1. The third-order valence-electron chi connectivity index (χ3n) is 2.14. The molecule has 0 aliphatic rings. The van der Waals surface area contributed by atoms with Gasteiger partial charge in [0, 0.05) is 5.56 Å². The van der Waals surface area contributed by atoms with Crippen LogP contribution >= 0.6 is 15.9 Å². The highest BCUT2D eigenvalue weighted by molar-refractivity contribution is 9.10. The Labute approximate surface area is 110 Å². The summed E-state index contributed by atoms with van der Waals surface area (Å²) in [5.74, 6) is -0.477. The Morgan fingerprint density at radius 3 is 3.11 bits per heavy atom.